The van der Waals surface area contributed by atoms with Gasteiger partial charge in [0.1, 0.15) is 0 Å². The zero-order valence-electron chi connectivity index (χ0n) is 12.7. The van der Waals surface area contributed by atoms with Crippen LogP contribution in [-0.2, 0) is 0 Å². The van der Waals surface area contributed by atoms with Gasteiger partial charge < -0.3 is 4.90 Å². The van der Waals surface area contributed by atoms with Crippen molar-refractivity contribution in [1.82, 2.24) is 9.80 Å². The standard InChI is InChI=1S/2C5H12N.2CH3.Al.Li/c2*1-4-5-6(2)3;;;;/h2*1,4-5H2,2-3H3;2*1H3;;. The van der Waals surface area contributed by atoms with Gasteiger partial charge in [0, 0.05) is 0 Å². The molecule has 0 bridgehead atoms. The molecule has 0 N–H and O–H groups in total. The normalized spacial score (nSPS) is 10.4. The van der Waals surface area contributed by atoms with Crippen molar-refractivity contribution in [2.45, 2.75) is 34.8 Å². The van der Waals surface area contributed by atoms with Gasteiger partial charge in [-0.1, -0.05) is 11.7 Å². The summed E-state index contributed by atoms with van der Waals surface area (Å²) in [6, 6.07) is 0. The summed E-state index contributed by atoms with van der Waals surface area (Å²) < 4.78 is 0. The first-order chi connectivity index (χ1) is 7.40. The first-order valence-electron chi connectivity index (χ1n) is 6.69. The molecule has 0 aliphatic heterocycles. The molecule has 0 saturated heterocycles. The van der Waals surface area contributed by atoms with E-state index in [0.29, 0.717) is 0 Å². The van der Waals surface area contributed by atoms with Gasteiger partial charge in [0.15, 0.2) is 0 Å². The molecule has 0 saturated carbocycles. The maximum absolute atomic E-state index is 2.41. The van der Waals surface area contributed by atoms with Gasteiger partial charge in [0.25, 0.3) is 14.1 Å². The van der Waals surface area contributed by atoms with Gasteiger partial charge in [-0.05, 0) is 20.6 Å². The molecular weight excluding hydrogens is 206 g/mol. The predicted octanol–water partition coefficient (Wildman–Crippen LogP) is 2.22. The topological polar surface area (TPSA) is 6.48 Å². The van der Waals surface area contributed by atoms with Crippen LogP contribution < -0.4 is 0 Å². The summed E-state index contributed by atoms with van der Waals surface area (Å²) in [6.07, 6.45) is 2.73. The minimum atomic E-state index is -0.256. The molecule has 0 atom stereocenters. The van der Waals surface area contributed by atoms with Crippen molar-refractivity contribution in [1.29, 1.82) is 0 Å². The van der Waals surface area contributed by atoms with Gasteiger partial charge in [-0.2, -0.15) is 0 Å². The first kappa shape index (κ1) is 19.4. The summed E-state index contributed by atoms with van der Waals surface area (Å²) in [5, 5.41) is 2.80. The number of hydrogen-bond donors (Lipinski definition) is 0. The van der Waals surface area contributed by atoms with E-state index in [4.69, 9.17) is 0 Å². The molecule has 0 aliphatic rings. The van der Waals surface area contributed by atoms with Gasteiger partial charge >= 0.3 is 54.8 Å². The zero-order valence-corrected chi connectivity index (χ0v) is 13.9. The van der Waals surface area contributed by atoms with Gasteiger partial charge in [-0.25, -0.2) is 0 Å². The van der Waals surface area contributed by atoms with E-state index in [1.54, 1.807) is 0 Å². The second-order valence-electron chi connectivity index (χ2n) is 5.50. The zero-order chi connectivity index (χ0) is 13.0. The van der Waals surface area contributed by atoms with Crippen LogP contribution >= 0.6 is 0 Å². The van der Waals surface area contributed by atoms with E-state index >= 15 is 0 Å². The van der Waals surface area contributed by atoms with E-state index < -0.39 is 0 Å². The van der Waals surface area contributed by atoms with Crippen molar-refractivity contribution in [2.75, 3.05) is 41.3 Å². The van der Waals surface area contributed by atoms with E-state index in [0.717, 1.165) is 0 Å². The van der Waals surface area contributed by atoms with Crippen LogP contribution in [0.25, 0.3) is 0 Å². The SMILES string of the molecule is CN(C)CC[CH2][Al]([CH3])[CH3].[Li][CH2]CCN(C)C. The van der Waals surface area contributed by atoms with Crippen LogP contribution in [0, 0.1) is 0 Å². The van der Waals surface area contributed by atoms with Crippen LogP contribution in [0.2, 0.25) is 21.9 Å². The first-order valence-corrected chi connectivity index (χ1v) is 9.82. The molecule has 0 amide bonds. The average molecular weight is 236 g/mol. The third kappa shape index (κ3) is 24.3. The van der Waals surface area contributed by atoms with Gasteiger partial charge in [0.2, 0.25) is 0 Å². The summed E-state index contributed by atoms with van der Waals surface area (Å²) in [7, 11) is 8.50. The summed E-state index contributed by atoms with van der Waals surface area (Å²) in [4.78, 5) is 4.47. The second-order valence-corrected chi connectivity index (χ2v) is 8.86. The molecule has 2 nitrogen and oxygen atoms in total. The van der Waals surface area contributed by atoms with Crippen LogP contribution in [-0.4, -0.2) is 82.9 Å². The summed E-state index contributed by atoms with van der Waals surface area (Å²) in [5.41, 5.74) is 0. The molecule has 0 fully saturated rings. The number of nitrogens with zero attached hydrogens (tertiary/aromatic N) is 2. The van der Waals surface area contributed by atoms with E-state index in [1.165, 1.54) is 36.3 Å². The Labute approximate surface area is 117 Å². The van der Waals surface area contributed by atoms with Crippen molar-refractivity contribution < 1.29 is 0 Å². The Balaban J connectivity index is 0. The Bertz CT molecular complexity index is 122. The van der Waals surface area contributed by atoms with Crippen molar-refractivity contribution in [3.05, 3.63) is 0 Å². The quantitative estimate of drug-likeness (QED) is 0.625. The van der Waals surface area contributed by atoms with Crippen molar-refractivity contribution in [3.63, 3.8) is 0 Å². The summed E-state index contributed by atoms with van der Waals surface area (Å²) in [6.45, 7) is 2.50. The summed E-state index contributed by atoms with van der Waals surface area (Å²) in [5.74, 6) is 4.82. The molecular formula is C12H30AlLiN2. The maximum atomic E-state index is 2.41. The Hall–Kier alpha value is 1.05. The molecule has 0 aromatic carbocycles. The second kappa shape index (κ2) is 14.1. The van der Waals surface area contributed by atoms with E-state index in [-0.39, 0.29) is 14.1 Å². The molecule has 0 unspecified atom stereocenters. The summed E-state index contributed by atoms with van der Waals surface area (Å²) >= 11 is 1.96. The third-order valence-corrected chi connectivity index (χ3v) is 3.91. The average Bonchev–Trinajstić information content (AvgIpc) is 2.14. The predicted molar refractivity (Wildman–Crippen MR) is 79.2 cm³/mol. The van der Waals surface area contributed by atoms with Gasteiger partial charge in [0.05, 0.1) is 0 Å². The van der Waals surface area contributed by atoms with E-state index in [2.05, 4.69) is 67.3 Å². The Kier molecular flexibility index (Phi) is 17.1. The van der Waals surface area contributed by atoms with Crippen LogP contribution in [0.5, 0.6) is 0 Å². The Morgan fingerprint density at radius 3 is 1.56 bits per heavy atom. The number of hydrogen-bond acceptors (Lipinski definition) is 2. The molecule has 0 spiro atoms. The fourth-order valence-corrected chi connectivity index (χ4v) is 2.29. The molecule has 0 radical (unpaired) electrons. The minimum absolute atomic E-state index is 0.256. The fourth-order valence-electron chi connectivity index (χ4n) is 1.29. The molecule has 0 heterocycles. The Morgan fingerprint density at radius 2 is 1.31 bits per heavy atom. The van der Waals surface area contributed by atoms with Crippen molar-refractivity contribution in [3.8, 4) is 0 Å². The molecule has 0 aromatic rings. The van der Waals surface area contributed by atoms with Gasteiger partial charge in [-0.15, -0.1) is 11.6 Å². The van der Waals surface area contributed by atoms with Gasteiger partial charge in [-0.3, -0.25) is 0 Å². The number of rotatable bonds is 7. The monoisotopic (exact) mass is 236 g/mol. The molecule has 0 rings (SSSR count). The fraction of sp³-hybridized carbons (Fsp3) is 1.00. The van der Waals surface area contributed by atoms with Crippen molar-refractivity contribution >= 4 is 31.9 Å². The third-order valence-electron chi connectivity index (χ3n) is 2.35. The molecule has 4 heteroatoms. The van der Waals surface area contributed by atoms with Crippen LogP contribution in [0.3, 0.4) is 0 Å². The van der Waals surface area contributed by atoms with E-state index in [1.807, 2.05) is 0 Å². The Morgan fingerprint density at radius 1 is 0.875 bits per heavy atom. The molecule has 0 aliphatic carbocycles. The van der Waals surface area contributed by atoms with Crippen LogP contribution in [0.15, 0.2) is 0 Å². The molecule has 0 aromatic heterocycles. The van der Waals surface area contributed by atoms with Crippen LogP contribution in [0.4, 0.5) is 0 Å². The molecule has 92 valence electrons. The molecule has 16 heavy (non-hydrogen) atoms. The van der Waals surface area contributed by atoms with Crippen LogP contribution in [0.1, 0.15) is 12.8 Å². The van der Waals surface area contributed by atoms with E-state index in [9.17, 15) is 0 Å². The van der Waals surface area contributed by atoms with Crippen molar-refractivity contribution in [2.24, 2.45) is 0 Å².